The summed E-state index contributed by atoms with van der Waals surface area (Å²) in [6, 6.07) is 5.88. The first kappa shape index (κ1) is 12.6. The molecule has 0 fully saturated rings. The van der Waals surface area contributed by atoms with E-state index in [1.54, 1.807) is 24.1 Å². The molecule has 0 bridgehead atoms. The van der Waals surface area contributed by atoms with Crippen molar-refractivity contribution in [2.75, 3.05) is 13.6 Å². The molecule has 3 nitrogen and oxygen atoms in total. The van der Waals surface area contributed by atoms with E-state index in [9.17, 15) is 13.6 Å². The molecule has 0 aliphatic carbocycles. The monoisotopic (exact) mass is 229 g/mol. The lowest BCUT2D eigenvalue weighted by Crippen LogP contribution is -2.25. The Hall–Kier alpha value is -1.49. The molecule has 16 heavy (non-hydrogen) atoms. The van der Waals surface area contributed by atoms with E-state index in [0.717, 1.165) is 5.56 Å². The Labute approximate surface area is 92.3 Å². The van der Waals surface area contributed by atoms with Gasteiger partial charge in [0.1, 0.15) is 0 Å². The van der Waals surface area contributed by atoms with Crippen LogP contribution in [0.3, 0.4) is 0 Å². The highest BCUT2D eigenvalue weighted by molar-refractivity contribution is 5.69. The quantitative estimate of drug-likeness (QED) is 0.840. The zero-order chi connectivity index (χ0) is 12.1. The smallest absolute Gasteiger partial charge is 0.317 e. The first-order chi connectivity index (χ1) is 7.49. The standard InChI is InChI=1S/C11H13F2NO2/c1-14(7-10(15)16)6-8-2-4-9(5-3-8)11(12)13/h2-5,11H,6-7H2,1H3,(H,15,16). The number of rotatable bonds is 5. The molecule has 1 N–H and O–H groups in total. The number of nitrogens with zero attached hydrogens (tertiary/aromatic N) is 1. The molecule has 1 aromatic rings. The number of carbonyl (C=O) groups is 1. The highest BCUT2D eigenvalue weighted by Crippen LogP contribution is 2.18. The van der Waals surface area contributed by atoms with Crippen LogP contribution in [0, 0.1) is 0 Å². The molecule has 0 unspecified atom stereocenters. The first-order valence-corrected chi connectivity index (χ1v) is 4.76. The van der Waals surface area contributed by atoms with Crippen LogP contribution in [-0.2, 0) is 11.3 Å². The van der Waals surface area contributed by atoms with Gasteiger partial charge >= 0.3 is 5.97 Å². The average Bonchev–Trinajstić information content (AvgIpc) is 2.16. The summed E-state index contributed by atoms with van der Waals surface area (Å²) in [6.45, 7) is 0.354. The summed E-state index contributed by atoms with van der Waals surface area (Å²) in [5.74, 6) is -0.910. The molecule has 0 heterocycles. The Kier molecular flexibility index (Phi) is 4.37. The Morgan fingerprint density at radius 2 is 1.94 bits per heavy atom. The Morgan fingerprint density at radius 3 is 2.38 bits per heavy atom. The molecule has 0 saturated carbocycles. The van der Waals surface area contributed by atoms with E-state index >= 15 is 0 Å². The molecular weight excluding hydrogens is 216 g/mol. The number of carboxylic acids is 1. The van der Waals surface area contributed by atoms with Crippen LogP contribution in [0.4, 0.5) is 8.78 Å². The van der Waals surface area contributed by atoms with Crippen molar-refractivity contribution in [1.82, 2.24) is 4.90 Å². The Bertz CT molecular complexity index is 352. The lowest BCUT2D eigenvalue weighted by molar-refractivity contribution is -0.138. The van der Waals surface area contributed by atoms with E-state index in [1.807, 2.05) is 0 Å². The van der Waals surface area contributed by atoms with Gasteiger partial charge in [0.15, 0.2) is 0 Å². The number of hydrogen-bond acceptors (Lipinski definition) is 2. The molecule has 0 aromatic heterocycles. The van der Waals surface area contributed by atoms with E-state index in [1.165, 1.54) is 12.1 Å². The zero-order valence-electron chi connectivity index (χ0n) is 8.86. The highest BCUT2D eigenvalue weighted by atomic mass is 19.3. The summed E-state index contributed by atoms with van der Waals surface area (Å²) in [7, 11) is 1.66. The number of carboxylic acid groups (broad SMARTS) is 1. The van der Waals surface area contributed by atoms with Crippen LogP contribution < -0.4 is 0 Å². The fourth-order valence-corrected chi connectivity index (χ4v) is 1.37. The summed E-state index contributed by atoms with van der Waals surface area (Å²) < 4.78 is 24.5. The minimum absolute atomic E-state index is 0.0235. The van der Waals surface area contributed by atoms with Gasteiger partial charge in [-0.1, -0.05) is 24.3 Å². The lowest BCUT2D eigenvalue weighted by atomic mass is 10.1. The molecule has 0 spiro atoms. The molecule has 0 aliphatic heterocycles. The van der Waals surface area contributed by atoms with Crippen LogP contribution in [0.2, 0.25) is 0 Å². The van der Waals surface area contributed by atoms with E-state index in [4.69, 9.17) is 5.11 Å². The predicted octanol–water partition coefficient (Wildman–Crippen LogP) is 2.14. The van der Waals surface area contributed by atoms with Crippen LogP contribution in [0.25, 0.3) is 0 Å². The van der Waals surface area contributed by atoms with Gasteiger partial charge in [0.2, 0.25) is 0 Å². The number of hydrogen-bond donors (Lipinski definition) is 1. The summed E-state index contributed by atoms with van der Waals surface area (Å²) in [4.78, 5) is 12.0. The van der Waals surface area contributed by atoms with Gasteiger partial charge in [0.25, 0.3) is 6.43 Å². The normalized spacial score (nSPS) is 11.1. The van der Waals surface area contributed by atoms with Crippen LogP contribution in [0.15, 0.2) is 24.3 Å². The molecule has 0 aliphatic rings. The maximum Gasteiger partial charge on any atom is 0.317 e. The van der Waals surface area contributed by atoms with Crippen molar-refractivity contribution in [1.29, 1.82) is 0 Å². The minimum Gasteiger partial charge on any atom is -0.480 e. The number of alkyl halides is 2. The fourth-order valence-electron chi connectivity index (χ4n) is 1.37. The van der Waals surface area contributed by atoms with Crippen molar-refractivity contribution < 1.29 is 18.7 Å². The zero-order valence-corrected chi connectivity index (χ0v) is 8.86. The largest absolute Gasteiger partial charge is 0.480 e. The van der Waals surface area contributed by atoms with Crippen molar-refractivity contribution >= 4 is 5.97 Å². The van der Waals surface area contributed by atoms with E-state index < -0.39 is 12.4 Å². The van der Waals surface area contributed by atoms with Gasteiger partial charge in [-0.25, -0.2) is 8.78 Å². The van der Waals surface area contributed by atoms with Gasteiger partial charge in [-0.3, -0.25) is 9.69 Å². The molecule has 88 valence electrons. The summed E-state index contributed by atoms with van der Waals surface area (Å²) >= 11 is 0. The van der Waals surface area contributed by atoms with Crippen molar-refractivity contribution in [3.63, 3.8) is 0 Å². The van der Waals surface area contributed by atoms with Gasteiger partial charge in [-0.05, 0) is 12.6 Å². The number of benzene rings is 1. The van der Waals surface area contributed by atoms with E-state index in [0.29, 0.717) is 6.54 Å². The van der Waals surface area contributed by atoms with Crippen molar-refractivity contribution in [2.45, 2.75) is 13.0 Å². The second kappa shape index (κ2) is 5.55. The van der Waals surface area contributed by atoms with Gasteiger partial charge in [-0.15, -0.1) is 0 Å². The lowest BCUT2D eigenvalue weighted by Gasteiger charge is -2.13. The molecule has 1 aromatic carbocycles. The molecule has 0 radical (unpaired) electrons. The van der Waals surface area contributed by atoms with Gasteiger partial charge in [-0.2, -0.15) is 0 Å². The molecular formula is C11H13F2NO2. The van der Waals surface area contributed by atoms with Crippen molar-refractivity contribution in [2.24, 2.45) is 0 Å². The molecule has 1 rings (SSSR count). The van der Waals surface area contributed by atoms with Crippen LogP contribution >= 0.6 is 0 Å². The van der Waals surface area contributed by atoms with Crippen molar-refractivity contribution in [3.8, 4) is 0 Å². The van der Waals surface area contributed by atoms with E-state index in [2.05, 4.69) is 0 Å². The molecule has 0 saturated heterocycles. The summed E-state index contributed by atoms with van der Waals surface area (Å²) in [5, 5.41) is 8.54. The second-order valence-corrected chi connectivity index (χ2v) is 3.61. The topological polar surface area (TPSA) is 40.5 Å². The van der Waals surface area contributed by atoms with Crippen molar-refractivity contribution in [3.05, 3.63) is 35.4 Å². The van der Waals surface area contributed by atoms with Gasteiger partial charge in [0.05, 0.1) is 6.54 Å². The van der Waals surface area contributed by atoms with Gasteiger partial charge < -0.3 is 5.11 Å². The first-order valence-electron chi connectivity index (χ1n) is 4.76. The fraction of sp³-hybridized carbons (Fsp3) is 0.364. The molecule has 0 atom stereocenters. The third-order valence-corrected chi connectivity index (χ3v) is 2.09. The third-order valence-electron chi connectivity index (χ3n) is 2.09. The second-order valence-electron chi connectivity index (χ2n) is 3.61. The molecule has 5 heteroatoms. The number of halogens is 2. The third kappa shape index (κ3) is 3.94. The average molecular weight is 229 g/mol. The Balaban J connectivity index is 2.58. The number of likely N-dealkylation sites (N-methyl/N-ethyl adjacent to an activating group) is 1. The maximum absolute atomic E-state index is 12.2. The van der Waals surface area contributed by atoms with Gasteiger partial charge in [0, 0.05) is 12.1 Å². The highest BCUT2D eigenvalue weighted by Gasteiger charge is 2.08. The minimum atomic E-state index is -2.47. The summed E-state index contributed by atoms with van der Waals surface area (Å²) in [6.07, 6.45) is -2.47. The van der Waals surface area contributed by atoms with Crippen LogP contribution in [0.5, 0.6) is 0 Å². The number of aliphatic carboxylic acids is 1. The van der Waals surface area contributed by atoms with Crippen LogP contribution in [0.1, 0.15) is 17.6 Å². The maximum atomic E-state index is 12.2. The summed E-state index contributed by atoms with van der Waals surface area (Å²) in [5.41, 5.74) is 0.790. The Morgan fingerprint density at radius 1 is 1.38 bits per heavy atom. The van der Waals surface area contributed by atoms with E-state index in [-0.39, 0.29) is 12.1 Å². The predicted molar refractivity (Wildman–Crippen MR) is 55.4 cm³/mol. The van der Waals surface area contributed by atoms with Crippen LogP contribution in [-0.4, -0.2) is 29.6 Å². The molecule has 0 amide bonds. The SMILES string of the molecule is CN(CC(=O)O)Cc1ccc(C(F)F)cc1.